The third kappa shape index (κ3) is 2.67. The molecule has 120 valence electrons. The first-order valence-corrected chi connectivity index (χ1v) is 7.32. The monoisotopic (exact) mass is 314 g/mol. The summed E-state index contributed by atoms with van der Waals surface area (Å²) in [5.41, 5.74) is 1.14. The van der Waals surface area contributed by atoms with E-state index in [1.165, 1.54) is 11.2 Å². The zero-order valence-corrected chi connectivity index (χ0v) is 13.3. The van der Waals surface area contributed by atoms with Crippen molar-refractivity contribution in [2.75, 3.05) is 25.5 Å². The first-order valence-electron chi connectivity index (χ1n) is 7.32. The highest BCUT2D eigenvalue weighted by Gasteiger charge is 2.35. The maximum absolute atomic E-state index is 12.9. The molecule has 23 heavy (non-hydrogen) atoms. The summed E-state index contributed by atoms with van der Waals surface area (Å²) in [6.45, 7) is 1.90. The Morgan fingerprint density at radius 3 is 2.61 bits per heavy atom. The second-order valence-electron chi connectivity index (χ2n) is 5.61. The Hall–Kier alpha value is -2.76. The molecular formula is C17H18N2O4. The minimum Gasteiger partial charge on any atom is -0.476 e. The Morgan fingerprint density at radius 1 is 1.22 bits per heavy atom. The smallest absolute Gasteiger partial charge is 0.265 e. The summed E-state index contributed by atoms with van der Waals surface area (Å²) in [6, 6.07) is 8.84. The van der Waals surface area contributed by atoms with Crippen LogP contribution >= 0.6 is 0 Å². The van der Waals surface area contributed by atoms with Crippen LogP contribution in [-0.4, -0.2) is 43.5 Å². The van der Waals surface area contributed by atoms with Crippen LogP contribution in [0.15, 0.2) is 41.0 Å². The molecule has 0 N–H and O–H groups in total. The lowest BCUT2D eigenvalue weighted by Gasteiger charge is -2.35. The van der Waals surface area contributed by atoms with Gasteiger partial charge >= 0.3 is 0 Å². The first-order chi connectivity index (χ1) is 11.0. The Kier molecular flexibility index (Phi) is 3.82. The fraction of sp³-hybridized carbons (Fsp3) is 0.294. The number of hydrogen-bond donors (Lipinski definition) is 0. The van der Waals surface area contributed by atoms with Gasteiger partial charge in [0.1, 0.15) is 11.5 Å². The molecule has 0 fully saturated rings. The van der Waals surface area contributed by atoms with Crippen LogP contribution in [0.25, 0.3) is 0 Å². The summed E-state index contributed by atoms with van der Waals surface area (Å²) in [6.07, 6.45) is 0.758. The third-order valence-electron chi connectivity index (χ3n) is 3.82. The topological polar surface area (TPSA) is 63.0 Å². The molecule has 1 atom stereocenters. The minimum atomic E-state index is -0.726. The van der Waals surface area contributed by atoms with E-state index in [4.69, 9.17) is 9.15 Å². The lowest BCUT2D eigenvalue weighted by atomic mass is 10.1. The van der Waals surface area contributed by atoms with E-state index in [1.54, 1.807) is 44.1 Å². The Labute approximate surface area is 134 Å². The molecule has 0 spiro atoms. The number of hydrogen-bond acceptors (Lipinski definition) is 4. The van der Waals surface area contributed by atoms with Crippen molar-refractivity contribution >= 4 is 17.5 Å². The molecule has 0 saturated heterocycles. The van der Waals surface area contributed by atoms with Crippen LogP contribution in [0.2, 0.25) is 0 Å². The van der Waals surface area contributed by atoms with Crippen LogP contribution in [0.4, 0.5) is 5.69 Å². The van der Waals surface area contributed by atoms with Gasteiger partial charge in [-0.25, -0.2) is 0 Å². The molecule has 2 aromatic rings. The number of ether oxygens (including phenoxy) is 1. The van der Waals surface area contributed by atoms with Crippen molar-refractivity contribution in [3.8, 4) is 5.75 Å². The maximum atomic E-state index is 12.9. The van der Waals surface area contributed by atoms with Crippen LogP contribution in [0.1, 0.15) is 16.1 Å². The highest BCUT2D eigenvalue weighted by Crippen LogP contribution is 2.34. The minimum absolute atomic E-state index is 0.164. The fourth-order valence-electron chi connectivity index (χ4n) is 2.60. The molecule has 0 unspecified atom stereocenters. The zero-order chi connectivity index (χ0) is 16.6. The van der Waals surface area contributed by atoms with Crippen LogP contribution in [0.5, 0.6) is 5.75 Å². The van der Waals surface area contributed by atoms with Gasteiger partial charge in [-0.3, -0.25) is 9.59 Å². The number of aryl methyl sites for hydroxylation is 1. The van der Waals surface area contributed by atoms with Gasteiger partial charge < -0.3 is 19.0 Å². The van der Waals surface area contributed by atoms with Gasteiger partial charge in [-0.05, 0) is 25.1 Å². The summed E-state index contributed by atoms with van der Waals surface area (Å²) >= 11 is 0. The SMILES string of the molecule is Cc1occc1C(=O)N1C[C@H](C(=O)N(C)C)Oc2ccccc21. The van der Waals surface area contributed by atoms with Gasteiger partial charge in [0, 0.05) is 14.1 Å². The second-order valence-corrected chi connectivity index (χ2v) is 5.61. The molecule has 2 amide bonds. The highest BCUT2D eigenvalue weighted by atomic mass is 16.5. The number of fused-ring (bicyclic) bond motifs is 1. The number of anilines is 1. The van der Waals surface area contributed by atoms with Crippen LogP contribution in [0.3, 0.4) is 0 Å². The largest absolute Gasteiger partial charge is 0.476 e. The summed E-state index contributed by atoms with van der Waals surface area (Å²) in [5, 5.41) is 0. The summed E-state index contributed by atoms with van der Waals surface area (Å²) in [7, 11) is 3.33. The Balaban J connectivity index is 1.99. The molecular weight excluding hydrogens is 296 g/mol. The lowest BCUT2D eigenvalue weighted by molar-refractivity contribution is -0.135. The van der Waals surface area contributed by atoms with E-state index < -0.39 is 6.10 Å². The standard InChI is InChI=1S/C17H18N2O4/c1-11-12(8-9-22-11)16(20)19-10-15(17(21)18(2)3)23-14-7-5-4-6-13(14)19/h4-9,15H,10H2,1-3H3/t15-/m1/s1. The molecule has 2 heterocycles. The van der Waals surface area contributed by atoms with Crippen molar-refractivity contribution in [2.24, 2.45) is 0 Å². The predicted molar refractivity (Wildman–Crippen MR) is 84.7 cm³/mol. The Bertz CT molecular complexity index is 751. The second kappa shape index (κ2) is 5.79. The van der Waals surface area contributed by atoms with Gasteiger partial charge in [-0.2, -0.15) is 0 Å². The van der Waals surface area contributed by atoms with Gasteiger partial charge in [-0.1, -0.05) is 12.1 Å². The van der Waals surface area contributed by atoms with E-state index in [0.717, 1.165) is 0 Å². The van der Waals surface area contributed by atoms with Gasteiger partial charge in [0.25, 0.3) is 11.8 Å². The lowest BCUT2D eigenvalue weighted by Crippen LogP contribution is -2.50. The molecule has 3 rings (SSSR count). The fourth-order valence-corrected chi connectivity index (χ4v) is 2.60. The van der Waals surface area contributed by atoms with E-state index >= 15 is 0 Å². The van der Waals surface area contributed by atoms with Crippen LogP contribution in [-0.2, 0) is 4.79 Å². The third-order valence-corrected chi connectivity index (χ3v) is 3.82. The molecule has 0 bridgehead atoms. The summed E-state index contributed by atoms with van der Waals surface area (Å²) < 4.78 is 11.0. The predicted octanol–water partition coefficient (Wildman–Crippen LogP) is 2.08. The molecule has 0 saturated carbocycles. The Morgan fingerprint density at radius 2 is 1.96 bits per heavy atom. The summed E-state index contributed by atoms with van der Waals surface area (Å²) in [4.78, 5) is 28.2. The van der Waals surface area contributed by atoms with E-state index in [0.29, 0.717) is 22.8 Å². The molecule has 1 aliphatic heterocycles. The van der Waals surface area contributed by atoms with Gasteiger partial charge in [0.2, 0.25) is 0 Å². The number of carbonyl (C=O) groups excluding carboxylic acids is 2. The number of benzene rings is 1. The van der Waals surface area contributed by atoms with Crippen molar-refractivity contribution < 1.29 is 18.7 Å². The van der Waals surface area contributed by atoms with Gasteiger partial charge in [-0.15, -0.1) is 0 Å². The molecule has 6 heteroatoms. The first kappa shape index (κ1) is 15.1. The molecule has 1 aromatic carbocycles. The number of nitrogens with zero attached hydrogens (tertiary/aromatic N) is 2. The van der Waals surface area contributed by atoms with Crippen LogP contribution in [0, 0.1) is 6.92 Å². The number of amides is 2. The molecule has 0 aliphatic carbocycles. The normalized spacial score (nSPS) is 16.5. The maximum Gasteiger partial charge on any atom is 0.265 e. The van der Waals surface area contributed by atoms with E-state index in [9.17, 15) is 9.59 Å². The highest BCUT2D eigenvalue weighted by molar-refractivity contribution is 6.08. The average Bonchev–Trinajstić information content (AvgIpc) is 2.98. The van der Waals surface area contributed by atoms with Crippen molar-refractivity contribution in [1.29, 1.82) is 0 Å². The number of likely N-dealkylation sites (N-methyl/N-ethyl adjacent to an activating group) is 1. The average molecular weight is 314 g/mol. The zero-order valence-electron chi connectivity index (χ0n) is 13.3. The van der Waals surface area contributed by atoms with Crippen molar-refractivity contribution in [3.05, 3.63) is 47.9 Å². The molecule has 6 nitrogen and oxygen atoms in total. The molecule has 1 aliphatic rings. The number of rotatable bonds is 2. The number of para-hydroxylation sites is 2. The van der Waals surface area contributed by atoms with E-state index in [1.807, 2.05) is 12.1 Å². The van der Waals surface area contributed by atoms with Crippen molar-refractivity contribution in [1.82, 2.24) is 4.90 Å². The van der Waals surface area contributed by atoms with E-state index in [-0.39, 0.29) is 18.4 Å². The van der Waals surface area contributed by atoms with Crippen molar-refractivity contribution in [2.45, 2.75) is 13.0 Å². The summed E-state index contributed by atoms with van der Waals surface area (Å²) in [5.74, 6) is 0.688. The van der Waals surface area contributed by atoms with Crippen LogP contribution < -0.4 is 9.64 Å². The number of carbonyl (C=O) groups is 2. The van der Waals surface area contributed by atoms with E-state index in [2.05, 4.69) is 0 Å². The number of furan rings is 1. The van der Waals surface area contributed by atoms with Gasteiger partial charge in [0.05, 0.1) is 24.1 Å². The molecule has 1 aromatic heterocycles. The molecule has 0 radical (unpaired) electrons. The van der Waals surface area contributed by atoms with Gasteiger partial charge in [0.15, 0.2) is 6.10 Å². The quantitative estimate of drug-likeness (QED) is 0.851. The van der Waals surface area contributed by atoms with Crippen molar-refractivity contribution in [3.63, 3.8) is 0 Å².